The molecule has 1 amide bonds. The summed E-state index contributed by atoms with van der Waals surface area (Å²) in [6, 6.07) is 3.50. The fourth-order valence-electron chi connectivity index (χ4n) is 1.83. The van der Waals surface area contributed by atoms with Crippen LogP contribution in [0.1, 0.15) is 32.1 Å². The molecule has 0 aliphatic rings. The zero-order valence-electron chi connectivity index (χ0n) is 11.1. The Hall–Kier alpha value is -1.33. The topological polar surface area (TPSA) is 65.7 Å². The Bertz CT molecular complexity index is 332. The van der Waals surface area contributed by atoms with Crippen LogP contribution in [0.3, 0.4) is 0 Å². The number of carbonyl (C=O) groups excluding carboxylic acids is 1. The third-order valence-electron chi connectivity index (χ3n) is 2.67. The van der Waals surface area contributed by atoms with Crippen LogP contribution >= 0.6 is 0 Å². The Morgan fingerprint density at radius 1 is 1.56 bits per heavy atom. The summed E-state index contributed by atoms with van der Waals surface area (Å²) >= 11 is 0. The maximum absolute atomic E-state index is 11.8. The van der Waals surface area contributed by atoms with E-state index in [2.05, 4.69) is 5.32 Å². The number of nitrogens with one attached hydrogen (secondary N) is 1. The molecule has 0 fully saturated rings. The summed E-state index contributed by atoms with van der Waals surface area (Å²) in [6.07, 6.45) is 2.55. The van der Waals surface area contributed by atoms with E-state index in [9.17, 15) is 4.79 Å². The predicted molar refractivity (Wildman–Crippen MR) is 69.1 cm³/mol. The highest BCUT2D eigenvalue weighted by Gasteiger charge is 2.14. The maximum Gasteiger partial charge on any atom is 0.234 e. The molecule has 5 nitrogen and oxygen atoms in total. The lowest BCUT2D eigenvalue weighted by Crippen LogP contribution is -2.39. The van der Waals surface area contributed by atoms with Crippen molar-refractivity contribution in [2.45, 2.75) is 26.3 Å². The number of rotatable bonds is 8. The van der Waals surface area contributed by atoms with Gasteiger partial charge in [-0.25, -0.2) is 0 Å². The average Bonchev–Trinajstić information content (AvgIpc) is 2.82. The fourth-order valence-corrected chi connectivity index (χ4v) is 1.83. The maximum atomic E-state index is 11.8. The zero-order valence-corrected chi connectivity index (χ0v) is 11.1. The Morgan fingerprint density at radius 2 is 2.33 bits per heavy atom. The van der Waals surface area contributed by atoms with Gasteiger partial charge in [-0.05, 0) is 32.0 Å². The molecule has 0 aliphatic heterocycles. The lowest BCUT2D eigenvalue weighted by molar-refractivity contribution is -0.123. The summed E-state index contributed by atoms with van der Waals surface area (Å²) in [6.45, 7) is 5.64. The lowest BCUT2D eigenvalue weighted by atomic mass is 10.2. The van der Waals surface area contributed by atoms with Gasteiger partial charge in [0.15, 0.2) is 0 Å². The van der Waals surface area contributed by atoms with Gasteiger partial charge in [0.1, 0.15) is 5.76 Å². The minimum Gasteiger partial charge on any atom is -0.467 e. The number of hydrogen-bond donors (Lipinski definition) is 2. The first-order chi connectivity index (χ1) is 8.67. The molecule has 1 unspecified atom stereocenters. The highest BCUT2D eigenvalue weighted by atomic mass is 16.3. The van der Waals surface area contributed by atoms with Crippen LogP contribution < -0.4 is 5.32 Å². The number of aliphatic hydroxyl groups is 1. The third-order valence-corrected chi connectivity index (χ3v) is 2.67. The first kappa shape index (κ1) is 14.7. The SMILES string of the molecule is CCCN(CCO)CC(=O)NC(C)c1ccco1. The summed E-state index contributed by atoms with van der Waals surface area (Å²) in [5.74, 6) is 0.688. The molecule has 0 radical (unpaired) electrons. The van der Waals surface area contributed by atoms with Crippen LogP contribution in [0.25, 0.3) is 0 Å². The number of hydrogen-bond acceptors (Lipinski definition) is 4. The molecule has 18 heavy (non-hydrogen) atoms. The monoisotopic (exact) mass is 254 g/mol. The molecule has 0 saturated heterocycles. The lowest BCUT2D eigenvalue weighted by Gasteiger charge is -2.21. The van der Waals surface area contributed by atoms with Gasteiger partial charge in [-0.15, -0.1) is 0 Å². The van der Waals surface area contributed by atoms with Crippen molar-refractivity contribution in [3.8, 4) is 0 Å². The van der Waals surface area contributed by atoms with Gasteiger partial charge in [-0.3, -0.25) is 9.69 Å². The van der Waals surface area contributed by atoms with Crippen LogP contribution in [-0.4, -0.2) is 42.2 Å². The van der Waals surface area contributed by atoms with E-state index >= 15 is 0 Å². The summed E-state index contributed by atoms with van der Waals surface area (Å²) in [4.78, 5) is 13.8. The predicted octanol–water partition coefficient (Wildman–Crippen LogP) is 1.16. The van der Waals surface area contributed by atoms with Crippen LogP contribution in [0, 0.1) is 0 Å². The quantitative estimate of drug-likeness (QED) is 0.730. The van der Waals surface area contributed by atoms with Crippen LogP contribution in [0.4, 0.5) is 0 Å². The van der Waals surface area contributed by atoms with Gasteiger partial charge in [0.05, 0.1) is 25.5 Å². The largest absolute Gasteiger partial charge is 0.467 e. The zero-order chi connectivity index (χ0) is 13.4. The van der Waals surface area contributed by atoms with Crippen molar-refractivity contribution in [2.75, 3.05) is 26.2 Å². The van der Waals surface area contributed by atoms with E-state index in [-0.39, 0.29) is 18.6 Å². The number of amides is 1. The van der Waals surface area contributed by atoms with Crippen LogP contribution in [0.5, 0.6) is 0 Å². The van der Waals surface area contributed by atoms with Crippen molar-refractivity contribution in [1.82, 2.24) is 10.2 Å². The van der Waals surface area contributed by atoms with Gasteiger partial charge in [0, 0.05) is 6.54 Å². The molecule has 1 atom stereocenters. The summed E-state index contributed by atoms with van der Waals surface area (Å²) in [5, 5.41) is 11.8. The van der Waals surface area contributed by atoms with Crippen molar-refractivity contribution in [3.05, 3.63) is 24.2 Å². The average molecular weight is 254 g/mol. The minimum atomic E-state index is -0.134. The fraction of sp³-hybridized carbons (Fsp3) is 0.615. The standard InChI is InChI=1S/C13H22N2O3/c1-3-6-15(7-8-16)10-13(17)14-11(2)12-5-4-9-18-12/h4-5,9,11,16H,3,6-8,10H2,1-2H3,(H,14,17). The van der Waals surface area contributed by atoms with Gasteiger partial charge >= 0.3 is 0 Å². The van der Waals surface area contributed by atoms with Crippen molar-refractivity contribution in [3.63, 3.8) is 0 Å². The molecule has 1 rings (SSSR count). The molecule has 1 aromatic heterocycles. The van der Waals surface area contributed by atoms with E-state index in [0.29, 0.717) is 13.1 Å². The molecule has 0 saturated carbocycles. The second-order valence-corrected chi connectivity index (χ2v) is 4.30. The summed E-state index contributed by atoms with van der Waals surface area (Å²) in [5.41, 5.74) is 0. The molecule has 0 spiro atoms. The normalized spacial score (nSPS) is 12.7. The molecule has 0 aliphatic carbocycles. The van der Waals surface area contributed by atoms with E-state index < -0.39 is 0 Å². The van der Waals surface area contributed by atoms with Gasteiger partial charge in [0.25, 0.3) is 0 Å². The second-order valence-electron chi connectivity index (χ2n) is 4.30. The van der Waals surface area contributed by atoms with Crippen LogP contribution in [-0.2, 0) is 4.79 Å². The van der Waals surface area contributed by atoms with Crippen LogP contribution in [0.15, 0.2) is 22.8 Å². The molecule has 5 heteroatoms. The Morgan fingerprint density at radius 3 is 2.89 bits per heavy atom. The van der Waals surface area contributed by atoms with Gasteiger partial charge < -0.3 is 14.8 Å². The van der Waals surface area contributed by atoms with E-state index in [1.165, 1.54) is 0 Å². The first-order valence-electron chi connectivity index (χ1n) is 6.33. The Labute approximate surface area is 108 Å². The van der Waals surface area contributed by atoms with E-state index in [4.69, 9.17) is 9.52 Å². The van der Waals surface area contributed by atoms with Gasteiger partial charge in [-0.2, -0.15) is 0 Å². The number of furan rings is 1. The molecule has 102 valence electrons. The minimum absolute atomic E-state index is 0.0548. The smallest absolute Gasteiger partial charge is 0.234 e. The number of nitrogens with zero attached hydrogens (tertiary/aromatic N) is 1. The van der Waals surface area contributed by atoms with E-state index in [1.54, 1.807) is 12.3 Å². The molecule has 0 bridgehead atoms. The highest BCUT2D eigenvalue weighted by molar-refractivity contribution is 5.78. The van der Waals surface area contributed by atoms with E-state index in [0.717, 1.165) is 18.7 Å². The van der Waals surface area contributed by atoms with Crippen molar-refractivity contribution < 1.29 is 14.3 Å². The molecule has 1 aromatic rings. The van der Waals surface area contributed by atoms with Crippen molar-refractivity contribution >= 4 is 5.91 Å². The van der Waals surface area contributed by atoms with Gasteiger partial charge in [0.2, 0.25) is 5.91 Å². The van der Waals surface area contributed by atoms with E-state index in [1.807, 2.05) is 24.8 Å². The third kappa shape index (κ3) is 4.89. The van der Waals surface area contributed by atoms with Crippen molar-refractivity contribution in [2.24, 2.45) is 0 Å². The van der Waals surface area contributed by atoms with Gasteiger partial charge in [-0.1, -0.05) is 6.92 Å². The first-order valence-corrected chi connectivity index (χ1v) is 6.33. The Balaban J connectivity index is 2.39. The molecule has 2 N–H and O–H groups in total. The highest BCUT2D eigenvalue weighted by Crippen LogP contribution is 2.11. The Kier molecular flexibility index (Phi) is 6.46. The van der Waals surface area contributed by atoms with Crippen LogP contribution in [0.2, 0.25) is 0 Å². The summed E-state index contributed by atoms with van der Waals surface area (Å²) in [7, 11) is 0. The molecule has 0 aromatic carbocycles. The molecule has 1 heterocycles. The molecular weight excluding hydrogens is 232 g/mol. The second kappa shape index (κ2) is 7.89. The number of aliphatic hydroxyl groups excluding tert-OH is 1. The van der Waals surface area contributed by atoms with Crippen molar-refractivity contribution in [1.29, 1.82) is 0 Å². The molecular formula is C13H22N2O3. The number of carbonyl (C=O) groups is 1. The summed E-state index contributed by atoms with van der Waals surface area (Å²) < 4.78 is 5.23.